The van der Waals surface area contributed by atoms with Crippen molar-refractivity contribution in [3.05, 3.63) is 52.0 Å². The van der Waals surface area contributed by atoms with Crippen LogP contribution < -0.4 is 5.32 Å². The van der Waals surface area contributed by atoms with Crippen LogP contribution in [0.1, 0.15) is 35.9 Å². The lowest BCUT2D eigenvalue weighted by Crippen LogP contribution is -2.18. The maximum absolute atomic E-state index is 12.7. The van der Waals surface area contributed by atoms with Crippen molar-refractivity contribution in [2.75, 3.05) is 5.32 Å². The molecule has 0 aliphatic rings. The highest BCUT2D eigenvalue weighted by Crippen LogP contribution is 2.29. The van der Waals surface area contributed by atoms with Gasteiger partial charge in [0, 0.05) is 16.8 Å². The van der Waals surface area contributed by atoms with E-state index in [4.69, 9.17) is 11.6 Å². The molecule has 0 fully saturated rings. The zero-order valence-corrected chi connectivity index (χ0v) is 14.3. The van der Waals surface area contributed by atoms with Crippen molar-refractivity contribution in [3.8, 4) is 0 Å². The summed E-state index contributed by atoms with van der Waals surface area (Å²) in [4.78, 5) is 12.7. The normalized spacial score (nSPS) is 11.3. The molecule has 0 saturated carbocycles. The number of rotatable bonds is 3. The smallest absolute Gasteiger partial charge is 0.272 e. The predicted octanol–water partition coefficient (Wildman–Crippen LogP) is 5.50. The van der Waals surface area contributed by atoms with Crippen molar-refractivity contribution in [1.29, 1.82) is 0 Å². The van der Waals surface area contributed by atoms with Crippen molar-refractivity contribution in [2.24, 2.45) is 0 Å². The second kappa shape index (κ2) is 5.78. The molecule has 2 aromatic heterocycles. The zero-order valence-electron chi connectivity index (χ0n) is 12.7. The number of benzene rings is 1. The topological polar surface area (TPSA) is 34.0 Å². The fraction of sp³-hybridized carbons (Fsp3) is 0.235. The van der Waals surface area contributed by atoms with Crippen LogP contribution in [0.4, 0.5) is 5.69 Å². The summed E-state index contributed by atoms with van der Waals surface area (Å²) in [6.45, 7) is 6.06. The highest BCUT2D eigenvalue weighted by Gasteiger charge is 2.19. The fourth-order valence-corrected chi connectivity index (χ4v) is 3.59. The summed E-state index contributed by atoms with van der Waals surface area (Å²) in [5.41, 5.74) is 3.41. The van der Waals surface area contributed by atoms with Crippen molar-refractivity contribution in [3.63, 3.8) is 0 Å². The van der Waals surface area contributed by atoms with Crippen LogP contribution >= 0.6 is 22.9 Å². The lowest BCUT2D eigenvalue weighted by Gasteiger charge is -2.15. The number of fused-ring (bicyclic) bond motifs is 1. The number of carbonyl (C=O) groups is 1. The van der Waals surface area contributed by atoms with E-state index in [1.807, 2.05) is 36.6 Å². The molecule has 3 aromatic rings. The Kier molecular flexibility index (Phi) is 3.98. The van der Waals surface area contributed by atoms with Gasteiger partial charge in [-0.15, -0.1) is 11.3 Å². The summed E-state index contributed by atoms with van der Waals surface area (Å²) in [6.07, 6.45) is 0. The molecule has 3 nitrogen and oxygen atoms in total. The van der Waals surface area contributed by atoms with Crippen LogP contribution in [0.2, 0.25) is 5.02 Å². The second-order valence-electron chi connectivity index (χ2n) is 5.53. The maximum atomic E-state index is 12.7. The van der Waals surface area contributed by atoms with E-state index in [-0.39, 0.29) is 11.9 Å². The van der Waals surface area contributed by atoms with E-state index >= 15 is 0 Å². The Bertz CT molecular complexity index is 848. The molecule has 0 atom stereocenters. The van der Waals surface area contributed by atoms with Gasteiger partial charge in [0.1, 0.15) is 5.69 Å². The number of aromatic nitrogens is 1. The molecule has 0 aliphatic carbocycles. The van der Waals surface area contributed by atoms with E-state index in [9.17, 15) is 4.79 Å². The Hall–Kier alpha value is -1.78. The fourth-order valence-electron chi connectivity index (χ4n) is 2.61. The number of halogens is 1. The molecule has 0 spiro atoms. The van der Waals surface area contributed by atoms with E-state index in [2.05, 4.69) is 29.8 Å². The van der Waals surface area contributed by atoms with Gasteiger partial charge < -0.3 is 9.88 Å². The first-order chi connectivity index (χ1) is 10.5. The summed E-state index contributed by atoms with van der Waals surface area (Å²) in [5, 5.41) is 5.67. The summed E-state index contributed by atoms with van der Waals surface area (Å²) < 4.78 is 3.20. The number of nitrogens with one attached hydrogen (secondary N) is 1. The first kappa shape index (κ1) is 15.1. The molecule has 0 unspecified atom stereocenters. The molecule has 3 rings (SSSR count). The molecule has 114 valence electrons. The van der Waals surface area contributed by atoms with Crippen LogP contribution in [0, 0.1) is 6.92 Å². The van der Waals surface area contributed by atoms with Gasteiger partial charge >= 0.3 is 0 Å². The summed E-state index contributed by atoms with van der Waals surface area (Å²) >= 11 is 7.76. The molecule has 2 heterocycles. The number of amides is 1. The van der Waals surface area contributed by atoms with Crippen LogP contribution in [-0.4, -0.2) is 10.5 Å². The van der Waals surface area contributed by atoms with E-state index in [1.165, 1.54) is 0 Å². The van der Waals surface area contributed by atoms with E-state index in [0.717, 1.165) is 21.5 Å². The minimum Gasteiger partial charge on any atom is -0.333 e. The summed E-state index contributed by atoms with van der Waals surface area (Å²) in [6, 6.07) is 9.75. The van der Waals surface area contributed by atoms with Crippen LogP contribution in [0.25, 0.3) is 10.2 Å². The molecule has 1 aromatic carbocycles. The third kappa shape index (κ3) is 2.53. The van der Waals surface area contributed by atoms with Crippen LogP contribution in [0.5, 0.6) is 0 Å². The minimum absolute atomic E-state index is 0.109. The Balaban J connectivity index is 2.00. The molecule has 0 bridgehead atoms. The average Bonchev–Trinajstić information content (AvgIpc) is 3.03. The third-order valence-electron chi connectivity index (χ3n) is 3.73. The highest BCUT2D eigenvalue weighted by atomic mass is 35.5. The van der Waals surface area contributed by atoms with E-state index < -0.39 is 0 Å². The van der Waals surface area contributed by atoms with Crippen molar-refractivity contribution in [1.82, 2.24) is 4.57 Å². The molecular formula is C17H17ClN2OS. The summed E-state index contributed by atoms with van der Waals surface area (Å²) in [7, 11) is 0. The van der Waals surface area contributed by atoms with Gasteiger partial charge in [-0.3, -0.25) is 4.79 Å². The molecule has 0 radical (unpaired) electrons. The first-order valence-corrected chi connectivity index (χ1v) is 8.39. The maximum Gasteiger partial charge on any atom is 0.272 e. The standard InChI is InChI=1S/C17H17ClN2OS/c1-10(2)20-14-7-8-22-16(14)9-15(20)17(21)19-13-6-4-5-12(18)11(13)3/h4-10H,1-3H3,(H,19,21). The molecule has 0 aliphatic heterocycles. The number of thiophene rings is 1. The average molecular weight is 333 g/mol. The van der Waals surface area contributed by atoms with E-state index in [0.29, 0.717) is 10.7 Å². The predicted molar refractivity (Wildman–Crippen MR) is 94.3 cm³/mol. The quantitative estimate of drug-likeness (QED) is 0.675. The van der Waals surface area contributed by atoms with Crippen LogP contribution in [0.15, 0.2) is 35.7 Å². The molecule has 0 saturated heterocycles. The molecule has 5 heteroatoms. The molecule has 1 amide bonds. The number of hydrogen-bond acceptors (Lipinski definition) is 2. The van der Waals surface area contributed by atoms with Crippen molar-refractivity contribution < 1.29 is 4.79 Å². The Morgan fingerprint density at radius 1 is 1.32 bits per heavy atom. The van der Waals surface area contributed by atoms with Gasteiger partial charge in [-0.05, 0) is 56.0 Å². The number of hydrogen-bond donors (Lipinski definition) is 1. The van der Waals surface area contributed by atoms with Gasteiger partial charge in [-0.2, -0.15) is 0 Å². The molecule has 1 N–H and O–H groups in total. The zero-order chi connectivity index (χ0) is 15.9. The first-order valence-electron chi connectivity index (χ1n) is 7.14. The number of nitrogens with zero attached hydrogens (tertiary/aromatic N) is 1. The van der Waals surface area contributed by atoms with Crippen molar-refractivity contribution in [2.45, 2.75) is 26.8 Å². The van der Waals surface area contributed by atoms with Crippen LogP contribution in [-0.2, 0) is 0 Å². The Labute approximate surface area is 138 Å². The van der Waals surface area contributed by atoms with Gasteiger partial charge in [0.2, 0.25) is 0 Å². The number of carbonyl (C=O) groups excluding carboxylic acids is 1. The lowest BCUT2D eigenvalue weighted by molar-refractivity contribution is 0.101. The highest BCUT2D eigenvalue weighted by molar-refractivity contribution is 7.17. The van der Waals surface area contributed by atoms with Gasteiger partial charge in [0.15, 0.2) is 0 Å². The Morgan fingerprint density at radius 3 is 2.82 bits per heavy atom. The van der Waals surface area contributed by atoms with Crippen molar-refractivity contribution >= 4 is 44.7 Å². The molecule has 22 heavy (non-hydrogen) atoms. The van der Waals surface area contributed by atoms with Gasteiger partial charge in [0.25, 0.3) is 5.91 Å². The SMILES string of the molecule is Cc1c(Cl)cccc1NC(=O)c1cc2sccc2n1C(C)C. The van der Waals surface area contributed by atoms with E-state index in [1.54, 1.807) is 11.3 Å². The monoisotopic (exact) mass is 332 g/mol. The lowest BCUT2D eigenvalue weighted by atomic mass is 10.2. The van der Waals surface area contributed by atoms with Gasteiger partial charge in [-0.1, -0.05) is 17.7 Å². The molecular weight excluding hydrogens is 316 g/mol. The number of anilines is 1. The second-order valence-corrected chi connectivity index (χ2v) is 6.88. The van der Waals surface area contributed by atoms with Crippen LogP contribution in [0.3, 0.4) is 0 Å². The minimum atomic E-state index is -0.109. The van der Waals surface area contributed by atoms with Gasteiger partial charge in [0.05, 0.1) is 10.2 Å². The Morgan fingerprint density at radius 2 is 2.09 bits per heavy atom. The largest absolute Gasteiger partial charge is 0.333 e. The van der Waals surface area contributed by atoms with Gasteiger partial charge in [-0.25, -0.2) is 0 Å². The third-order valence-corrected chi connectivity index (χ3v) is 4.99. The summed E-state index contributed by atoms with van der Waals surface area (Å²) in [5.74, 6) is -0.109.